The first-order valence-electron chi connectivity index (χ1n) is 17.5. The van der Waals surface area contributed by atoms with Crippen molar-refractivity contribution in [1.29, 1.82) is 0 Å². The Balaban J connectivity index is 1.32. The van der Waals surface area contributed by atoms with Gasteiger partial charge in [-0.2, -0.15) is 0 Å². The van der Waals surface area contributed by atoms with E-state index >= 15 is 0 Å². The van der Waals surface area contributed by atoms with E-state index in [4.69, 9.17) is 15.2 Å². The average Bonchev–Trinajstić information content (AvgIpc) is 3.44. The van der Waals surface area contributed by atoms with Gasteiger partial charge >= 0.3 is 0 Å². The normalized spacial score (nSPS) is 14.8. The van der Waals surface area contributed by atoms with Crippen LogP contribution in [0.2, 0.25) is 0 Å². The summed E-state index contributed by atoms with van der Waals surface area (Å²) in [5.74, 6) is 0.619. The van der Waals surface area contributed by atoms with Gasteiger partial charge in [0.1, 0.15) is 11.4 Å². The first-order chi connectivity index (χ1) is 24.2. The fourth-order valence-corrected chi connectivity index (χ4v) is 8.57. The van der Waals surface area contributed by atoms with Gasteiger partial charge in [0.25, 0.3) is 0 Å². The van der Waals surface area contributed by atoms with Crippen LogP contribution in [0.1, 0.15) is 73.6 Å². The third-order valence-corrected chi connectivity index (χ3v) is 11.1. The lowest BCUT2D eigenvalue weighted by Crippen LogP contribution is -2.40. The minimum absolute atomic E-state index is 0.0590. The van der Waals surface area contributed by atoms with E-state index in [-0.39, 0.29) is 10.8 Å². The Kier molecular flexibility index (Phi) is 6.64. The van der Waals surface area contributed by atoms with Crippen LogP contribution in [0.4, 0.5) is 0 Å². The predicted octanol–water partition coefficient (Wildman–Crippen LogP) is 11.2. The maximum atomic E-state index is 5.33. The molecule has 7 aromatic rings. The molecule has 0 aliphatic heterocycles. The van der Waals surface area contributed by atoms with E-state index in [0.717, 1.165) is 28.1 Å². The van der Waals surface area contributed by atoms with Crippen LogP contribution in [0.25, 0.3) is 45.0 Å². The second-order valence-corrected chi connectivity index (χ2v) is 15.3. The fraction of sp³-hybridized carbons (Fsp3) is 0.170. The number of fused-ring (bicyclic) bond motifs is 9. The van der Waals surface area contributed by atoms with Gasteiger partial charge in [0.2, 0.25) is 0 Å². The standard InChI is InChI=1S/C47H39N3/c1-45(2,3)33-26-23-31(24-27-33)44-48-42(43(49-50-44)30-15-7-6-8-16-30)32-25-28-35-34-17-9-10-18-36(34)47(41(35)29-32)39-21-13-11-19-37(39)46(4,5)38-20-12-14-22-40(38)47/h6-29H,1-5H3. The SMILES string of the molecule is CC(C)(C)c1ccc(-c2nnc(-c3ccccc3)c(-c3ccc4c(c3)C3(c5ccccc5-4)c4ccccc4C(C)(C)c4ccccc43)n2)cc1. The number of hydrogen-bond acceptors (Lipinski definition) is 3. The van der Waals surface area contributed by atoms with E-state index in [2.05, 4.69) is 162 Å². The van der Waals surface area contributed by atoms with Crippen molar-refractivity contribution in [1.82, 2.24) is 15.2 Å². The summed E-state index contributed by atoms with van der Waals surface area (Å²) in [6.45, 7) is 11.4. The van der Waals surface area contributed by atoms with E-state index in [0.29, 0.717) is 5.82 Å². The molecule has 9 rings (SSSR count). The number of hydrogen-bond donors (Lipinski definition) is 0. The van der Waals surface area contributed by atoms with Gasteiger partial charge in [0.05, 0.1) is 5.41 Å². The average molecular weight is 646 g/mol. The fourth-order valence-electron chi connectivity index (χ4n) is 8.57. The third-order valence-electron chi connectivity index (χ3n) is 11.1. The number of nitrogens with zero attached hydrogens (tertiary/aromatic N) is 3. The van der Waals surface area contributed by atoms with Crippen molar-refractivity contribution in [3.63, 3.8) is 0 Å². The molecule has 0 fully saturated rings. The van der Waals surface area contributed by atoms with Crippen LogP contribution >= 0.6 is 0 Å². The van der Waals surface area contributed by atoms with Gasteiger partial charge in [-0.05, 0) is 61.6 Å². The van der Waals surface area contributed by atoms with E-state index < -0.39 is 5.41 Å². The van der Waals surface area contributed by atoms with Gasteiger partial charge in [-0.25, -0.2) is 4.98 Å². The summed E-state index contributed by atoms with van der Waals surface area (Å²) in [5, 5.41) is 9.59. The van der Waals surface area contributed by atoms with Crippen LogP contribution in [0.3, 0.4) is 0 Å². The van der Waals surface area contributed by atoms with Crippen LogP contribution in [0, 0.1) is 0 Å². The summed E-state index contributed by atoms with van der Waals surface area (Å²) in [6.07, 6.45) is 0. The molecule has 0 saturated carbocycles. The highest BCUT2D eigenvalue weighted by molar-refractivity contribution is 5.91. The third kappa shape index (κ3) is 4.32. The highest BCUT2D eigenvalue weighted by atomic mass is 15.2. The zero-order chi connectivity index (χ0) is 34.3. The summed E-state index contributed by atoms with van der Waals surface area (Å²) in [4.78, 5) is 5.33. The lowest BCUT2D eigenvalue weighted by molar-refractivity contribution is 0.563. The summed E-state index contributed by atoms with van der Waals surface area (Å²) >= 11 is 0. The molecular formula is C47H39N3. The van der Waals surface area contributed by atoms with Gasteiger partial charge in [-0.3, -0.25) is 0 Å². The second-order valence-electron chi connectivity index (χ2n) is 15.3. The Morgan fingerprint density at radius 3 is 1.62 bits per heavy atom. The molecule has 0 unspecified atom stereocenters. The van der Waals surface area contributed by atoms with Crippen molar-refractivity contribution in [2.75, 3.05) is 0 Å². The Labute approximate surface area is 294 Å². The quantitative estimate of drug-likeness (QED) is 0.192. The van der Waals surface area contributed by atoms with Crippen LogP contribution in [0.15, 0.2) is 146 Å². The van der Waals surface area contributed by atoms with Crippen molar-refractivity contribution in [2.24, 2.45) is 0 Å². The van der Waals surface area contributed by atoms with E-state index in [1.807, 2.05) is 18.2 Å². The number of aromatic nitrogens is 3. The first-order valence-corrected chi connectivity index (χ1v) is 17.5. The highest BCUT2D eigenvalue weighted by Crippen LogP contribution is 2.62. The van der Waals surface area contributed by atoms with Crippen LogP contribution in [0.5, 0.6) is 0 Å². The Bertz CT molecular complexity index is 2380. The summed E-state index contributed by atoms with van der Waals surface area (Å²) < 4.78 is 0. The molecule has 2 aliphatic carbocycles. The predicted molar refractivity (Wildman–Crippen MR) is 204 cm³/mol. The Morgan fingerprint density at radius 1 is 0.440 bits per heavy atom. The zero-order valence-electron chi connectivity index (χ0n) is 29.2. The van der Waals surface area contributed by atoms with Crippen molar-refractivity contribution in [2.45, 2.75) is 50.9 Å². The largest absolute Gasteiger partial charge is 0.224 e. The molecule has 0 N–H and O–H groups in total. The lowest BCUT2D eigenvalue weighted by Gasteiger charge is -2.46. The van der Waals surface area contributed by atoms with Crippen LogP contribution < -0.4 is 0 Å². The maximum absolute atomic E-state index is 5.33. The van der Waals surface area contributed by atoms with Crippen LogP contribution in [-0.2, 0) is 16.2 Å². The molecule has 0 amide bonds. The molecule has 3 nitrogen and oxygen atoms in total. The van der Waals surface area contributed by atoms with Gasteiger partial charge in [-0.15, -0.1) is 10.2 Å². The molecule has 3 heteroatoms. The molecule has 1 aromatic heterocycles. The van der Waals surface area contributed by atoms with E-state index in [1.165, 1.54) is 50.1 Å². The van der Waals surface area contributed by atoms with E-state index in [1.54, 1.807) is 0 Å². The topological polar surface area (TPSA) is 38.7 Å². The number of benzene rings is 6. The van der Waals surface area contributed by atoms with Crippen LogP contribution in [-0.4, -0.2) is 15.2 Å². The van der Waals surface area contributed by atoms with E-state index in [9.17, 15) is 0 Å². The maximum Gasteiger partial charge on any atom is 0.182 e. The van der Waals surface area contributed by atoms with Gasteiger partial charge in [0, 0.05) is 22.1 Å². The van der Waals surface area contributed by atoms with Crippen molar-refractivity contribution >= 4 is 0 Å². The number of rotatable bonds is 3. The van der Waals surface area contributed by atoms with Gasteiger partial charge in [0.15, 0.2) is 5.82 Å². The molecule has 6 aromatic carbocycles. The summed E-state index contributed by atoms with van der Waals surface area (Å²) in [5.41, 5.74) is 15.8. The second kappa shape index (κ2) is 10.9. The molecule has 50 heavy (non-hydrogen) atoms. The molecule has 1 heterocycles. The molecule has 0 bridgehead atoms. The highest BCUT2D eigenvalue weighted by Gasteiger charge is 2.53. The van der Waals surface area contributed by atoms with Gasteiger partial charge < -0.3 is 0 Å². The lowest BCUT2D eigenvalue weighted by atomic mass is 9.55. The molecule has 0 radical (unpaired) electrons. The molecule has 0 saturated heterocycles. The zero-order valence-corrected chi connectivity index (χ0v) is 29.2. The Morgan fingerprint density at radius 2 is 0.980 bits per heavy atom. The molecule has 242 valence electrons. The molecule has 0 atom stereocenters. The van der Waals surface area contributed by atoms with Crippen molar-refractivity contribution in [3.8, 4) is 45.0 Å². The monoisotopic (exact) mass is 645 g/mol. The summed E-state index contributed by atoms with van der Waals surface area (Å²) in [6, 6.07) is 53.0. The molecule has 1 spiro atoms. The molecule has 2 aliphatic rings. The van der Waals surface area contributed by atoms with Crippen molar-refractivity contribution in [3.05, 3.63) is 185 Å². The van der Waals surface area contributed by atoms with Crippen molar-refractivity contribution < 1.29 is 0 Å². The minimum Gasteiger partial charge on any atom is -0.224 e. The first kappa shape index (κ1) is 30.4. The Hall–Kier alpha value is -5.67. The molecular weight excluding hydrogens is 607 g/mol. The minimum atomic E-state index is -0.483. The van der Waals surface area contributed by atoms with Gasteiger partial charge in [-0.1, -0.05) is 174 Å². The smallest absolute Gasteiger partial charge is 0.182 e. The summed E-state index contributed by atoms with van der Waals surface area (Å²) in [7, 11) is 0.